The van der Waals surface area contributed by atoms with E-state index in [-0.39, 0.29) is 25.7 Å². The number of benzene rings is 1. The molecular formula is C14H17F3O2. The van der Waals surface area contributed by atoms with Gasteiger partial charge in [0.1, 0.15) is 5.75 Å². The van der Waals surface area contributed by atoms with Gasteiger partial charge in [-0.15, -0.1) is 0 Å². The predicted molar refractivity (Wildman–Crippen MR) is 64.9 cm³/mol. The molecule has 0 radical (unpaired) electrons. The van der Waals surface area contributed by atoms with Gasteiger partial charge in [0.05, 0.1) is 18.6 Å². The van der Waals surface area contributed by atoms with Crippen LogP contribution in [-0.2, 0) is 5.60 Å². The Hall–Kier alpha value is -1.23. The highest BCUT2D eigenvalue weighted by Crippen LogP contribution is 2.45. The second-order valence-electron chi connectivity index (χ2n) is 5.08. The summed E-state index contributed by atoms with van der Waals surface area (Å²) in [6.45, 7) is 0. The summed E-state index contributed by atoms with van der Waals surface area (Å²) in [5.41, 5.74) is -0.538. The summed E-state index contributed by atoms with van der Waals surface area (Å²) in [6, 6.07) is 6.90. The van der Waals surface area contributed by atoms with Gasteiger partial charge in [0.15, 0.2) is 0 Å². The largest absolute Gasteiger partial charge is 0.497 e. The second kappa shape index (κ2) is 5.04. The SMILES string of the molecule is COc1cccc(C2(O)CCC(C(F)(F)F)CC2)c1. The van der Waals surface area contributed by atoms with Crippen molar-refractivity contribution in [3.05, 3.63) is 29.8 Å². The standard InChI is InChI=1S/C14H17F3O2/c1-19-12-4-2-3-11(9-12)13(18)7-5-10(6-8-13)14(15,16)17/h2-4,9-10,18H,5-8H2,1H3. The molecule has 1 aromatic rings. The zero-order chi connectivity index (χ0) is 14.1. The number of ether oxygens (including phenoxy) is 1. The molecule has 1 saturated carbocycles. The van der Waals surface area contributed by atoms with Crippen molar-refractivity contribution in [3.63, 3.8) is 0 Å². The van der Waals surface area contributed by atoms with Crippen LogP contribution in [0.3, 0.4) is 0 Å². The van der Waals surface area contributed by atoms with Crippen molar-refractivity contribution in [2.24, 2.45) is 5.92 Å². The lowest BCUT2D eigenvalue weighted by Gasteiger charge is -2.37. The van der Waals surface area contributed by atoms with E-state index in [1.165, 1.54) is 7.11 Å². The zero-order valence-electron chi connectivity index (χ0n) is 10.7. The Kier molecular flexibility index (Phi) is 3.76. The Morgan fingerprint density at radius 3 is 2.42 bits per heavy atom. The Bertz CT molecular complexity index is 435. The van der Waals surface area contributed by atoms with Crippen LogP contribution in [0.4, 0.5) is 13.2 Å². The molecule has 2 rings (SSSR count). The van der Waals surface area contributed by atoms with Crippen LogP contribution in [0.25, 0.3) is 0 Å². The monoisotopic (exact) mass is 274 g/mol. The highest BCUT2D eigenvalue weighted by Gasteiger charge is 2.45. The number of alkyl halides is 3. The maximum atomic E-state index is 12.6. The smallest absolute Gasteiger partial charge is 0.391 e. The van der Waals surface area contributed by atoms with Crippen LogP contribution >= 0.6 is 0 Å². The Morgan fingerprint density at radius 1 is 1.26 bits per heavy atom. The van der Waals surface area contributed by atoms with Gasteiger partial charge in [-0.2, -0.15) is 13.2 Å². The van der Waals surface area contributed by atoms with Crippen molar-refractivity contribution in [1.29, 1.82) is 0 Å². The number of halogens is 3. The molecule has 106 valence electrons. The van der Waals surface area contributed by atoms with E-state index in [2.05, 4.69) is 0 Å². The molecule has 5 heteroatoms. The number of hydrogen-bond acceptors (Lipinski definition) is 2. The summed E-state index contributed by atoms with van der Waals surface area (Å²) in [4.78, 5) is 0. The fourth-order valence-electron chi connectivity index (χ4n) is 2.62. The average Bonchev–Trinajstić information content (AvgIpc) is 2.38. The molecule has 0 aromatic heterocycles. The maximum Gasteiger partial charge on any atom is 0.391 e. The number of aliphatic hydroxyl groups is 1. The molecule has 1 N–H and O–H groups in total. The van der Waals surface area contributed by atoms with Gasteiger partial charge in [0, 0.05) is 0 Å². The zero-order valence-corrected chi connectivity index (χ0v) is 10.7. The molecule has 1 aromatic carbocycles. The van der Waals surface area contributed by atoms with Crippen molar-refractivity contribution in [3.8, 4) is 5.75 Å². The molecule has 0 amide bonds. The van der Waals surface area contributed by atoms with Crippen LogP contribution in [0, 0.1) is 5.92 Å². The highest BCUT2D eigenvalue weighted by atomic mass is 19.4. The molecule has 1 fully saturated rings. The number of rotatable bonds is 2. The van der Waals surface area contributed by atoms with Gasteiger partial charge < -0.3 is 9.84 Å². The summed E-state index contributed by atoms with van der Waals surface area (Å²) in [5, 5.41) is 10.5. The van der Waals surface area contributed by atoms with E-state index in [4.69, 9.17) is 4.74 Å². The van der Waals surface area contributed by atoms with Gasteiger partial charge in [0.2, 0.25) is 0 Å². The first kappa shape index (κ1) is 14.2. The summed E-state index contributed by atoms with van der Waals surface area (Å²) >= 11 is 0. The molecule has 0 saturated heterocycles. The van der Waals surface area contributed by atoms with Gasteiger partial charge in [-0.1, -0.05) is 12.1 Å². The Labute approximate surface area is 110 Å². The Balaban J connectivity index is 2.13. The molecule has 0 aliphatic heterocycles. The van der Waals surface area contributed by atoms with E-state index in [1.807, 2.05) is 0 Å². The molecule has 0 spiro atoms. The van der Waals surface area contributed by atoms with Crippen molar-refractivity contribution in [2.45, 2.75) is 37.5 Å². The van der Waals surface area contributed by atoms with Crippen LogP contribution in [-0.4, -0.2) is 18.4 Å². The third-order valence-electron chi connectivity index (χ3n) is 3.88. The molecule has 1 aliphatic carbocycles. The van der Waals surface area contributed by atoms with Gasteiger partial charge >= 0.3 is 6.18 Å². The summed E-state index contributed by atoms with van der Waals surface area (Å²) in [6.07, 6.45) is -3.96. The van der Waals surface area contributed by atoms with Gasteiger partial charge in [0.25, 0.3) is 0 Å². The minimum atomic E-state index is -4.16. The number of methoxy groups -OCH3 is 1. The molecule has 19 heavy (non-hydrogen) atoms. The lowest BCUT2D eigenvalue weighted by atomic mass is 9.75. The first-order valence-corrected chi connectivity index (χ1v) is 6.29. The topological polar surface area (TPSA) is 29.5 Å². The first-order chi connectivity index (χ1) is 8.85. The van der Waals surface area contributed by atoms with Gasteiger partial charge in [-0.3, -0.25) is 0 Å². The fraction of sp³-hybridized carbons (Fsp3) is 0.571. The normalized spacial score (nSPS) is 28.2. The molecule has 0 unspecified atom stereocenters. The van der Waals surface area contributed by atoms with Crippen molar-refractivity contribution >= 4 is 0 Å². The fourth-order valence-corrected chi connectivity index (χ4v) is 2.62. The minimum Gasteiger partial charge on any atom is -0.497 e. The minimum absolute atomic E-state index is 0.0305. The van der Waals surface area contributed by atoms with E-state index in [9.17, 15) is 18.3 Å². The van der Waals surface area contributed by atoms with Gasteiger partial charge in [-0.25, -0.2) is 0 Å². The van der Waals surface area contributed by atoms with Crippen LogP contribution in [0.5, 0.6) is 5.75 Å². The van der Waals surface area contributed by atoms with Crippen LogP contribution in [0.1, 0.15) is 31.2 Å². The number of hydrogen-bond donors (Lipinski definition) is 1. The molecular weight excluding hydrogens is 257 g/mol. The molecule has 2 nitrogen and oxygen atoms in total. The van der Waals surface area contributed by atoms with E-state index in [0.29, 0.717) is 11.3 Å². The van der Waals surface area contributed by atoms with Crippen molar-refractivity contribution in [1.82, 2.24) is 0 Å². The lowest BCUT2D eigenvalue weighted by Crippen LogP contribution is -2.36. The molecule has 0 heterocycles. The quantitative estimate of drug-likeness (QED) is 0.892. The van der Waals surface area contributed by atoms with Crippen molar-refractivity contribution in [2.75, 3.05) is 7.11 Å². The van der Waals surface area contributed by atoms with Gasteiger partial charge in [-0.05, 0) is 43.4 Å². The van der Waals surface area contributed by atoms with E-state index in [0.717, 1.165) is 0 Å². The van der Waals surface area contributed by atoms with Crippen molar-refractivity contribution < 1.29 is 23.0 Å². The summed E-state index contributed by atoms with van der Waals surface area (Å²) < 4.78 is 42.9. The average molecular weight is 274 g/mol. The second-order valence-corrected chi connectivity index (χ2v) is 5.08. The van der Waals surface area contributed by atoms with E-state index >= 15 is 0 Å². The first-order valence-electron chi connectivity index (χ1n) is 6.29. The third kappa shape index (κ3) is 3.03. The van der Waals surface area contributed by atoms with Crippen LogP contribution < -0.4 is 4.74 Å². The maximum absolute atomic E-state index is 12.6. The van der Waals surface area contributed by atoms with Crippen LogP contribution in [0.15, 0.2) is 24.3 Å². The molecule has 1 aliphatic rings. The third-order valence-corrected chi connectivity index (χ3v) is 3.88. The van der Waals surface area contributed by atoms with E-state index in [1.54, 1.807) is 24.3 Å². The lowest BCUT2D eigenvalue weighted by molar-refractivity contribution is -0.193. The predicted octanol–water partition coefficient (Wildman–Crippen LogP) is 3.64. The highest BCUT2D eigenvalue weighted by molar-refractivity contribution is 5.32. The Morgan fingerprint density at radius 2 is 1.89 bits per heavy atom. The molecule has 0 atom stereocenters. The van der Waals surface area contributed by atoms with E-state index < -0.39 is 17.7 Å². The summed E-state index contributed by atoms with van der Waals surface area (Å²) in [7, 11) is 1.52. The molecule has 0 bridgehead atoms. The van der Waals surface area contributed by atoms with Crippen LogP contribution in [0.2, 0.25) is 0 Å². The summed E-state index contributed by atoms with van der Waals surface area (Å²) in [5.74, 6) is -0.692.